The number of thiophene rings is 2. The molecule has 0 radical (unpaired) electrons. The predicted octanol–water partition coefficient (Wildman–Crippen LogP) is 10.2. The molecule has 0 saturated heterocycles. The Bertz CT molecular complexity index is 1730. The van der Waals surface area contributed by atoms with Gasteiger partial charge >= 0.3 is 0 Å². The number of nitriles is 4. The van der Waals surface area contributed by atoms with Gasteiger partial charge in [-0.3, -0.25) is 0 Å². The Morgan fingerprint density at radius 1 is 0.500 bits per heavy atom. The van der Waals surface area contributed by atoms with E-state index in [1.54, 1.807) is 11.1 Å². The first-order valence-corrected chi connectivity index (χ1v) is 18.0. The van der Waals surface area contributed by atoms with Crippen molar-refractivity contribution in [1.29, 1.82) is 21.0 Å². The SMILES string of the molecule is N#CC(C#N)=CC1=Cc2sc3c(c2C12CCCCC2)C1(CCCCC1)c1c-3sc2c1C1(CCCCC1)C(C=C(C#N)C#N)=C2. The van der Waals surface area contributed by atoms with Crippen LogP contribution in [0.1, 0.15) is 128 Å². The van der Waals surface area contributed by atoms with Gasteiger partial charge in [-0.15, -0.1) is 22.7 Å². The minimum absolute atomic E-state index is 0.00738. The fourth-order valence-electron chi connectivity index (χ4n) is 10.1. The van der Waals surface area contributed by atoms with Gasteiger partial charge in [-0.2, -0.15) is 21.0 Å². The standard InChI is InChI=1S/C38H34N4S2/c39-20-24(21-40)16-26-18-28-30(36(26)10-4-1-5-11-36)32-34(43-28)35-33(38(32)14-8-3-9-15-38)31-29(44-35)19-27(17-25(22-41)23-42)37(31)12-6-2-7-13-37/h16-19H,1-15H2. The molecule has 4 nitrogen and oxygen atoms in total. The molecule has 3 fully saturated rings. The number of hydrogen-bond acceptors (Lipinski definition) is 6. The number of allylic oxidation sites excluding steroid dienone is 6. The van der Waals surface area contributed by atoms with Gasteiger partial charge in [-0.1, -0.05) is 57.8 Å². The summed E-state index contributed by atoms with van der Waals surface area (Å²) in [6, 6.07) is 8.56. The number of fused-ring (bicyclic) bond motifs is 11. The predicted molar refractivity (Wildman–Crippen MR) is 176 cm³/mol. The minimum Gasteiger partial charge on any atom is -0.192 e. The van der Waals surface area contributed by atoms with Crippen molar-refractivity contribution in [2.45, 2.75) is 113 Å². The van der Waals surface area contributed by atoms with Crippen molar-refractivity contribution in [3.63, 3.8) is 0 Å². The van der Waals surface area contributed by atoms with Crippen LogP contribution in [-0.4, -0.2) is 0 Å². The first kappa shape index (κ1) is 27.8. The van der Waals surface area contributed by atoms with Crippen LogP contribution in [0.15, 0.2) is 34.4 Å². The van der Waals surface area contributed by atoms with Gasteiger partial charge < -0.3 is 0 Å². The molecule has 3 spiro atoms. The summed E-state index contributed by atoms with van der Waals surface area (Å²) in [4.78, 5) is 5.70. The van der Waals surface area contributed by atoms with Gasteiger partial charge in [0, 0.05) is 35.8 Å². The van der Waals surface area contributed by atoms with Crippen LogP contribution in [0.25, 0.3) is 21.9 Å². The smallest absolute Gasteiger partial charge is 0.129 e. The van der Waals surface area contributed by atoms with Gasteiger partial charge in [0.25, 0.3) is 0 Å². The maximum Gasteiger partial charge on any atom is 0.129 e. The highest BCUT2D eigenvalue weighted by atomic mass is 32.1. The average Bonchev–Trinajstić information content (AvgIpc) is 3.82. The van der Waals surface area contributed by atoms with Crippen molar-refractivity contribution >= 4 is 34.8 Å². The maximum absolute atomic E-state index is 9.69. The lowest BCUT2D eigenvalue weighted by Crippen LogP contribution is -2.37. The van der Waals surface area contributed by atoms with Crippen molar-refractivity contribution in [3.8, 4) is 34.0 Å². The molecule has 6 aliphatic rings. The Kier molecular flexibility index (Phi) is 6.44. The molecular weight excluding hydrogens is 577 g/mol. The molecule has 0 atom stereocenters. The highest BCUT2D eigenvalue weighted by Gasteiger charge is 2.58. The summed E-state index contributed by atoms with van der Waals surface area (Å²) in [6.45, 7) is 0. The summed E-state index contributed by atoms with van der Waals surface area (Å²) >= 11 is 3.93. The Hall–Kier alpha value is -3.68. The van der Waals surface area contributed by atoms with E-state index in [-0.39, 0.29) is 27.4 Å². The normalized spacial score (nSPS) is 22.4. The molecule has 0 unspecified atom stereocenters. The van der Waals surface area contributed by atoms with E-state index in [0.29, 0.717) is 0 Å². The van der Waals surface area contributed by atoms with Crippen LogP contribution in [0.2, 0.25) is 0 Å². The molecule has 2 heterocycles. The minimum atomic E-state index is -0.110. The largest absolute Gasteiger partial charge is 0.192 e. The third-order valence-electron chi connectivity index (χ3n) is 11.9. The lowest BCUT2D eigenvalue weighted by molar-refractivity contribution is 0.312. The van der Waals surface area contributed by atoms with Gasteiger partial charge in [0.05, 0.1) is 0 Å². The monoisotopic (exact) mass is 610 g/mol. The topological polar surface area (TPSA) is 95.2 Å². The van der Waals surface area contributed by atoms with Crippen LogP contribution in [0.3, 0.4) is 0 Å². The fraction of sp³-hybridized carbons (Fsp3) is 0.474. The third kappa shape index (κ3) is 3.57. The Morgan fingerprint density at radius 3 is 1.18 bits per heavy atom. The van der Waals surface area contributed by atoms with Gasteiger partial charge in [-0.05, 0) is 96.2 Å². The first-order chi connectivity index (χ1) is 21.5. The van der Waals surface area contributed by atoms with Crippen LogP contribution >= 0.6 is 22.7 Å². The van der Waals surface area contributed by atoms with Crippen molar-refractivity contribution in [2.24, 2.45) is 0 Å². The summed E-state index contributed by atoms with van der Waals surface area (Å²) in [6.07, 6.45) is 26.1. The molecule has 2 aromatic heterocycles. The first-order valence-electron chi connectivity index (χ1n) is 16.4. The van der Waals surface area contributed by atoms with Crippen LogP contribution in [0.5, 0.6) is 0 Å². The van der Waals surface area contributed by atoms with Crippen LogP contribution in [0.4, 0.5) is 0 Å². The van der Waals surface area contributed by atoms with E-state index in [1.165, 1.54) is 112 Å². The van der Waals surface area contributed by atoms with Crippen LogP contribution < -0.4 is 0 Å². The van der Waals surface area contributed by atoms with Gasteiger partial charge in [0.2, 0.25) is 0 Å². The molecule has 0 aliphatic heterocycles. The second-order valence-electron chi connectivity index (χ2n) is 13.8. The second-order valence-corrected chi connectivity index (χ2v) is 15.9. The van der Waals surface area contributed by atoms with E-state index in [2.05, 4.69) is 36.4 Å². The van der Waals surface area contributed by atoms with E-state index in [0.717, 1.165) is 25.7 Å². The molecule has 2 aromatic rings. The zero-order valence-corrected chi connectivity index (χ0v) is 26.7. The highest BCUT2D eigenvalue weighted by Crippen LogP contribution is 2.71. The molecule has 44 heavy (non-hydrogen) atoms. The van der Waals surface area contributed by atoms with Gasteiger partial charge in [0.15, 0.2) is 0 Å². The molecule has 6 aliphatic carbocycles. The highest BCUT2D eigenvalue weighted by molar-refractivity contribution is 7.23. The molecule has 0 amide bonds. The molecule has 218 valence electrons. The molecular formula is C38H34N4S2. The number of hydrogen-bond donors (Lipinski definition) is 0. The van der Waals surface area contributed by atoms with E-state index in [4.69, 9.17) is 0 Å². The quantitative estimate of drug-likeness (QED) is 0.316. The molecule has 0 N–H and O–H groups in total. The third-order valence-corrected chi connectivity index (χ3v) is 14.3. The Morgan fingerprint density at radius 2 is 0.841 bits per heavy atom. The lowest BCUT2D eigenvalue weighted by Gasteiger charge is -2.44. The Balaban J connectivity index is 1.37. The lowest BCUT2D eigenvalue weighted by atomic mass is 9.58. The molecule has 0 bridgehead atoms. The van der Waals surface area contributed by atoms with Crippen molar-refractivity contribution in [3.05, 3.63) is 66.5 Å². The number of nitrogens with zero attached hydrogens (tertiary/aromatic N) is 4. The van der Waals surface area contributed by atoms with Crippen molar-refractivity contribution < 1.29 is 0 Å². The Labute approximate surface area is 267 Å². The molecule has 8 rings (SSSR count). The van der Waals surface area contributed by atoms with Gasteiger partial charge in [-0.25, -0.2) is 0 Å². The zero-order valence-electron chi connectivity index (χ0n) is 25.0. The molecule has 6 heteroatoms. The van der Waals surface area contributed by atoms with Crippen molar-refractivity contribution in [2.75, 3.05) is 0 Å². The summed E-state index contributed by atoms with van der Waals surface area (Å²) in [7, 11) is 0. The van der Waals surface area contributed by atoms with E-state index >= 15 is 0 Å². The van der Waals surface area contributed by atoms with Crippen molar-refractivity contribution in [1.82, 2.24) is 0 Å². The van der Waals surface area contributed by atoms with E-state index in [1.807, 2.05) is 34.8 Å². The molecule has 3 saturated carbocycles. The second kappa shape index (κ2) is 10.2. The summed E-state index contributed by atoms with van der Waals surface area (Å²) in [5.74, 6) is 0. The van der Waals surface area contributed by atoms with Gasteiger partial charge in [0.1, 0.15) is 35.4 Å². The zero-order chi connectivity index (χ0) is 30.1. The van der Waals surface area contributed by atoms with E-state index in [9.17, 15) is 21.0 Å². The van der Waals surface area contributed by atoms with Crippen LogP contribution in [0, 0.1) is 45.3 Å². The molecule has 0 aromatic carbocycles. The summed E-state index contributed by atoms with van der Waals surface area (Å²) in [5.41, 5.74) is 8.83. The average molecular weight is 611 g/mol. The van der Waals surface area contributed by atoms with E-state index < -0.39 is 0 Å². The number of rotatable bonds is 2. The van der Waals surface area contributed by atoms with Crippen LogP contribution in [-0.2, 0) is 16.2 Å². The summed E-state index contributed by atoms with van der Waals surface area (Å²) < 4.78 is 0. The fourth-order valence-corrected chi connectivity index (χ4v) is 13.2. The maximum atomic E-state index is 9.69. The summed E-state index contributed by atoms with van der Waals surface area (Å²) in [5, 5.41) is 38.8.